The Morgan fingerprint density at radius 2 is 1.07 bits per heavy atom. The van der Waals surface area contributed by atoms with E-state index in [0.29, 0.717) is 59.9 Å². The van der Waals surface area contributed by atoms with Crippen molar-refractivity contribution < 1.29 is 61.7 Å². The van der Waals surface area contributed by atoms with Gasteiger partial charge in [-0.2, -0.15) is 59.4 Å². The molecule has 0 saturated heterocycles. The predicted molar refractivity (Wildman–Crippen MR) is 310 cm³/mol. The van der Waals surface area contributed by atoms with E-state index in [0.717, 1.165) is 6.07 Å². The summed E-state index contributed by atoms with van der Waals surface area (Å²) in [5.41, 5.74) is 4.48. The van der Waals surface area contributed by atoms with Gasteiger partial charge in [0.05, 0.1) is 73.9 Å². The maximum Gasteiger partial charge on any atom is 0.294 e. The fourth-order valence-corrected chi connectivity index (χ4v) is 12.3. The highest BCUT2D eigenvalue weighted by molar-refractivity contribution is 7.99. The van der Waals surface area contributed by atoms with Gasteiger partial charge >= 0.3 is 0 Å². The molecule has 432 valence electrons. The Hall–Kier alpha value is -6.83. The molecule has 2 heterocycles. The molecular weight excluding hydrogens is 1210 g/mol. The Balaban J connectivity index is 1.26. The van der Waals surface area contributed by atoms with Crippen LogP contribution in [0.1, 0.15) is 52.6 Å². The average molecular weight is 1260 g/mol. The van der Waals surface area contributed by atoms with Crippen LogP contribution in [0.3, 0.4) is 0 Å². The first kappa shape index (κ1) is 62.8. The molecule has 7 rings (SSSR count). The first-order valence-corrected chi connectivity index (χ1v) is 32.8. The molecule has 0 bridgehead atoms. The van der Waals surface area contributed by atoms with Gasteiger partial charge in [0, 0.05) is 26.4 Å². The van der Waals surface area contributed by atoms with Crippen molar-refractivity contribution in [2.45, 2.75) is 68.6 Å². The lowest BCUT2D eigenvalue weighted by Crippen LogP contribution is -2.08. The lowest BCUT2D eigenvalue weighted by atomic mass is 10.1. The van der Waals surface area contributed by atoms with Crippen LogP contribution < -0.4 is 4.74 Å². The number of rotatable bonds is 24. The predicted octanol–water partition coefficient (Wildman–Crippen LogP) is 13.6. The van der Waals surface area contributed by atoms with E-state index in [1.54, 1.807) is 69.3 Å². The molecule has 0 amide bonds. The van der Waals surface area contributed by atoms with Crippen LogP contribution in [-0.2, 0) is 40.5 Å². The fourth-order valence-electron chi connectivity index (χ4n) is 7.81. The molecule has 0 saturated carbocycles. The lowest BCUT2D eigenvalue weighted by Gasteiger charge is -2.12. The minimum atomic E-state index is -4.65. The zero-order valence-corrected chi connectivity index (χ0v) is 49.6. The molecule has 82 heavy (non-hydrogen) atoms. The van der Waals surface area contributed by atoms with E-state index in [1.807, 2.05) is 6.07 Å². The van der Waals surface area contributed by atoms with Crippen molar-refractivity contribution in [3.63, 3.8) is 0 Å². The quantitative estimate of drug-likeness (QED) is 0.0162. The standard InChI is InChI=1S/C50H50ClN11O14S6/c1-28-20-40(58-61-47-32(5)36(27-52)49-53-43-23-35(82(73,74)75)19-31(4)48(43)62(49)50(47)63)44(76-13-6-16-79(64,65)66)24-37(28)56-59-41-22-30(3)39(26-46(41)78-15-8-18-81(70,71)72)57-60-42-21-29(2)38(55-54-34-11-9-33(51)10-12-34)25-45(42)77-14-7-17-80(67,68)69/h9-12,19-26,63H,6-8,13-18H2,1-5H3,(H,64,65,66)(H,67,68,69)(H,70,71,72)(H,73,74,75). The van der Waals surface area contributed by atoms with Crippen molar-refractivity contribution in [3.8, 4) is 17.7 Å². The molecule has 0 aliphatic carbocycles. The van der Waals surface area contributed by atoms with Crippen molar-refractivity contribution in [2.24, 2.45) is 40.9 Å². The molecule has 0 fully saturated rings. The molecule has 2 aromatic heterocycles. The molecule has 0 radical (unpaired) electrons. The van der Waals surface area contributed by atoms with Crippen LogP contribution in [0.2, 0.25) is 5.02 Å². The number of benzene rings is 5. The first-order valence-electron chi connectivity index (χ1n) is 24.1. The van der Waals surface area contributed by atoms with E-state index < -0.39 is 68.5 Å². The number of pyridine rings is 1. The Morgan fingerprint density at radius 3 is 1.59 bits per heavy atom. The van der Waals surface area contributed by atoms with Gasteiger partial charge in [0.25, 0.3) is 40.5 Å². The van der Waals surface area contributed by atoms with Gasteiger partial charge in [0.2, 0.25) is 5.88 Å². The van der Waals surface area contributed by atoms with E-state index >= 15 is 0 Å². The molecule has 7 aromatic rings. The van der Waals surface area contributed by atoms with Crippen molar-refractivity contribution in [1.82, 2.24) is 9.38 Å². The summed E-state index contributed by atoms with van der Waals surface area (Å²) in [4.78, 5) is 4.99. The summed E-state index contributed by atoms with van der Waals surface area (Å²) in [7, 11) is -17.5. The molecule has 25 nitrogen and oxygen atoms in total. The fraction of sp³-hybridized carbons (Fsp3) is 0.280. The molecule has 0 unspecified atom stereocenters. The first-order chi connectivity index (χ1) is 38.5. The van der Waals surface area contributed by atoms with Crippen molar-refractivity contribution >= 4 is 138 Å². The van der Waals surface area contributed by atoms with E-state index in [2.05, 4.69) is 45.9 Å². The molecule has 0 aliphatic heterocycles. The van der Waals surface area contributed by atoms with Crippen LogP contribution in [-0.4, -0.2) is 102 Å². The number of hydrogen-bond donors (Lipinski definition) is 5. The third-order valence-corrected chi connectivity index (χ3v) is 17.6. The highest BCUT2D eigenvalue weighted by Gasteiger charge is 2.24. The highest BCUT2D eigenvalue weighted by Crippen LogP contribution is 2.44. The van der Waals surface area contributed by atoms with E-state index in [9.17, 15) is 62.3 Å². The number of azo groups is 4. The normalized spacial score (nSPS) is 12.8. The van der Waals surface area contributed by atoms with Crippen LogP contribution >= 0.6 is 35.1 Å². The lowest BCUT2D eigenvalue weighted by molar-refractivity contribution is 0.317. The molecular formula is C50H50ClN11O14S6. The molecule has 0 aliphatic rings. The maximum atomic E-state index is 12.0. The maximum absolute atomic E-state index is 12.0. The van der Waals surface area contributed by atoms with E-state index in [4.69, 9.17) is 16.3 Å². The van der Waals surface area contributed by atoms with Crippen molar-refractivity contribution in [2.75, 3.05) is 35.4 Å². The van der Waals surface area contributed by atoms with Crippen molar-refractivity contribution in [3.05, 3.63) is 111 Å². The smallest absolute Gasteiger partial charge is 0.294 e. The van der Waals surface area contributed by atoms with Crippen LogP contribution in [0.5, 0.6) is 11.6 Å². The number of nitrogens with zero attached hydrogens (tertiary/aromatic N) is 11. The number of thioether (sulfide) groups is 2. The Morgan fingerprint density at radius 1 is 0.598 bits per heavy atom. The summed E-state index contributed by atoms with van der Waals surface area (Å²) in [6, 6.07) is 20.8. The highest BCUT2D eigenvalue weighted by atomic mass is 35.5. The Kier molecular flexibility index (Phi) is 20.0. The van der Waals surface area contributed by atoms with Gasteiger partial charge in [0.1, 0.15) is 23.1 Å². The van der Waals surface area contributed by atoms with Gasteiger partial charge in [-0.1, -0.05) is 11.6 Å². The van der Waals surface area contributed by atoms with E-state index in [-0.39, 0.29) is 93.6 Å². The van der Waals surface area contributed by atoms with Crippen LogP contribution in [0.15, 0.2) is 128 Å². The van der Waals surface area contributed by atoms with Gasteiger partial charge in [-0.05, 0) is 154 Å². The minimum Gasteiger partial charge on any atom is -0.493 e. The van der Waals surface area contributed by atoms with Crippen LogP contribution in [0.25, 0.3) is 16.7 Å². The average Bonchev–Trinajstić information content (AvgIpc) is 4.05. The molecule has 0 spiro atoms. The number of aromatic hydroxyl groups is 1. The van der Waals surface area contributed by atoms with Gasteiger partial charge in [-0.25, -0.2) is 4.98 Å². The SMILES string of the molecule is Cc1cc(N=Nc2cc(SCCCS(=O)(=O)O)c(N=Nc3cc(OCCCS(=O)(=O)O)c(N=Nc4c(C)c(C#N)c5nc6cc(S(=O)(=O)O)cc(C)c6n5c4O)cc3C)cc2C)c(SCCCS(=O)(=O)O)cc1N=Nc1ccc(Cl)cc1. The zero-order valence-electron chi connectivity index (χ0n) is 43.9. The summed E-state index contributed by atoms with van der Waals surface area (Å²) in [5, 5.41) is 58.2. The third-order valence-electron chi connectivity index (χ3n) is 11.8. The Labute approximate surface area is 484 Å². The minimum absolute atomic E-state index is 0.00496. The summed E-state index contributed by atoms with van der Waals surface area (Å²) in [6.07, 6.45) is 0.0163. The van der Waals surface area contributed by atoms with E-state index in [1.165, 1.54) is 60.0 Å². The summed E-state index contributed by atoms with van der Waals surface area (Å²) in [6.45, 7) is 7.96. The summed E-state index contributed by atoms with van der Waals surface area (Å²) in [5.74, 6) is -1.67. The number of hydrogen-bond acceptors (Lipinski definition) is 22. The molecule has 32 heteroatoms. The summed E-state index contributed by atoms with van der Waals surface area (Å²) >= 11 is 8.49. The molecule has 5 aromatic carbocycles. The number of fused-ring (bicyclic) bond motifs is 3. The number of halogens is 1. The van der Waals surface area contributed by atoms with Crippen LogP contribution in [0, 0.1) is 45.9 Å². The van der Waals surface area contributed by atoms with Gasteiger partial charge < -0.3 is 9.84 Å². The van der Waals surface area contributed by atoms with Gasteiger partial charge in [-0.3, -0.25) is 22.6 Å². The molecule has 5 N–H and O–H groups in total. The monoisotopic (exact) mass is 1260 g/mol. The van der Waals surface area contributed by atoms with Gasteiger partial charge in [-0.15, -0.1) is 44.0 Å². The second-order valence-electron chi connectivity index (χ2n) is 18.2. The van der Waals surface area contributed by atoms with Crippen LogP contribution in [0.4, 0.5) is 45.5 Å². The second kappa shape index (κ2) is 26.2. The number of imidazole rings is 1. The number of aromatic nitrogens is 2. The number of ether oxygens (including phenoxy) is 1. The topological polar surface area (TPSA) is 387 Å². The summed E-state index contributed by atoms with van der Waals surface area (Å²) < 4.78 is 138. The van der Waals surface area contributed by atoms with Gasteiger partial charge in [0.15, 0.2) is 11.3 Å². The number of nitriles is 1. The largest absolute Gasteiger partial charge is 0.493 e. The van der Waals surface area contributed by atoms with Crippen molar-refractivity contribution in [1.29, 1.82) is 5.26 Å². The number of aryl methyl sites for hydroxylation is 4. The Bertz CT molecular complexity index is 4290. The zero-order chi connectivity index (χ0) is 59.9. The second-order valence-corrected chi connectivity index (χ2v) is 27.0. The third kappa shape index (κ3) is 16.7. The molecule has 0 atom stereocenters.